The van der Waals surface area contributed by atoms with Gasteiger partial charge in [-0.15, -0.1) is 11.3 Å². The lowest BCUT2D eigenvalue weighted by atomic mass is 9.92. The van der Waals surface area contributed by atoms with Crippen molar-refractivity contribution in [1.82, 2.24) is 15.3 Å². The van der Waals surface area contributed by atoms with Gasteiger partial charge in [-0.25, -0.2) is 14.2 Å². The number of amides is 2. The zero-order valence-electron chi connectivity index (χ0n) is 22.6. The third kappa shape index (κ3) is 4.88. The van der Waals surface area contributed by atoms with Gasteiger partial charge in [-0.1, -0.05) is 13.8 Å². The zero-order valence-corrected chi connectivity index (χ0v) is 23.4. The van der Waals surface area contributed by atoms with Crippen molar-refractivity contribution < 1.29 is 28.6 Å². The van der Waals surface area contributed by atoms with Gasteiger partial charge in [0, 0.05) is 56.3 Å². The van der Waals surface area contributed by atoms with Crippen LogP contribution < -0.4 is 15.4 Å². The Labute approximate surface area is 243 Å². The van der Waals surface area contributed by atoms with Crippen molar-refractivity contribution in [3.05, 3.63) is 88.4 Å². The van der Waals surface area contributed by atoms with Crippen LogP contribution in [0.2, 0.25) is 0 Å². The van der Waals surface area contributed by atoms with Crippen LogP contribution in [0, 0.1) is 11.7 Å². The summed E-state index contributed by atoms with van der Waals surface area (Å²) in [5.41, 5.74) is 2.11. The monoisotopic (exact) mass is 584 g/mol. The number of carboxylic acids is 1. The lowest BCUT2D eigenvalue weighted by molar-refractivity contribution is 0.0691. The maximum atomic E-state index is 15.3. The van der Waals surface area contributed by atoms with E-state index < -0.39 is 29.3 Å². The predicted octanol–water partition coefficient (Wildman–Crippen LogP) is 6.33. The first-order valence-electron chi connectivity index (χ1n) is 13.2. The molecule has 6 rings (SSSR count). The van der Waals surface area contributed by atoms with Gasteiger partial charge in [0.15, 0.2) is 11.5 Å². The molecule has 0 bridgehead atoms. The highest BCUT2D eigenvalue weighted by Crippen LogP contribution is 2.44. The fourth-order valence-corrected chi connectivity index (χ4v) is 5.80. The molecule has 5 aromatic rings. The molecule has 0 radical (unpaired) electrons. The third-order valence-electron chi connectivity index (χ3n) is 6.95. The Morgan fingerprint density at radius 1 is 1.07 bits per heavy atom. The van der Waals surface area contributed by atoms with Crippen molar-refractivity contribution in [1.29, 1.82) is 0 Å². The van der Waals surface area contributed by atoms with Gasteiger partial charge in [0.05, 0.1) is 5.69 Å². The predicted molar refractivity (Wildman–Crippen MR) is 158 cm³/mol. The second-order valence-corrected chi connectivity index (χ2v) is 11.2. The van der Waals surface area contributed by atoms with Gasteiger partial charge in [-0.2, -0.15) is 0 Å². The van der Waals surface area contributed by atoms with E-state index in [1.165, 1.54) is 29.5 Å². The number of ether oxygens (including phenoxy) is 1. The number of carboxylic acid groups (broad SMARTS) is 1. The summed E-state index contributed by atoms with van der Waals surface area (Å²) in [6.45, 7) is 4.59. The van der Waals surface area contributed by atoms with E-state index in [2.05, 4.69) is 20.6 Å². The molecule has 0 saturated carbocycles. The maximum absolute atomic E-state index is 15.3. The second-order valence-electron chi connectivity index (χ2n) is 10.3. The van der Waals surface area contributed by atoms with Crippen molar-refractivity contribution in [3.8, 4) is 27.3 Å². The van der Waals surface area contributed by atoms with Crippen LogP contribution in [0.25, 0.3) is 32.5 Å². The molecule has 212 valence electrons. The number of nitrogens with one attached hydrogen (secondary N) is 3. The Morgan fingerprint density at radius 3 is 2.69 bits per heavy atom. The molecule has 4 N–H and O–H groups in total. The van der Waals surface area contributed by atoms with Crippen LogP contribution in [-0.2, 0) is 6.61 Å². The molecule has 0 saturated heterocycles. The van der Waals surface area contributed by atoms with E-state index >= 15 is 4.39 Å². The number of hydrogen-bond donors (Lipinski definition) is 4. The first kappa shape index (κ1) is 27.2. The molecule has 2 aromatic carbocycles. The third-order valence-corrected chi connectivity index (χ3v) is 7.94. The summed E-state index contributed by atoms with van der Waals surface area (Å²) in [6, 6.07) is 12.7. The van der Waals surface area contributed by atoms with E-state index in [-0.39, 0.29) is 34.0 Å². The number of rotatable bonds is 7. The number of H-pyrrole nitrogens is 1. The average Bonchev–Trinajstić information content (AvgIpc) is 3.66. The van der Waals surface area contributed by atoms with E-state index in [9.17, 15) is 19.5 Å². The summed E-state index contributed by atoms with van der Waals surface area (Å²) >= 11 is 1.49. The van der Waals surface area contributed by atoms with Gasteiger partial charge in [0.25, 0.3) is 11.8 Å². The first-order chi connectivity index (χ1) is 20.2. The van der Waals surface area contributed by atoms with Crippen molar-refractivity contribution in [2.24, 2.45) is 5.92 Å². The summed E-state index contributed by atoms with van der Waals surface area (Å²) in [4.78, 5) is 46.9. The van der Waals surface area contributed by atoms with Crippen LogP contribution >= 0.6 is 11.3 Å². The molecular weight excluding hydrogens is 559 g/mol. The molecule has 0 atom stereocenters. The van der Waals surface area contributed by atoms with Crippen molar-refractivity contribution in [2.75, 3.05) is 11.9 Å². The highest BCUT2D eigenvalue weighted by molar-refractivity contribution is 7.13. The van der Waals surface area contributed by atoms with Gasteiger partial charge in [-0.05, 0) is 59.8 Å². The van der Waals surface area contributed by atoms with Crippen molar-refractivity contribution in [3.63, 3.8) is 0 Å². The number of thiophene rings is 1. The summed E-state index contributed by atoms with van der Waals surface area (Å²) in [6.07, 6.45) is 1.60. The summed E-state index contributed by atoms with van der Waals surface area (Å²) in [5.74, 6) is -2.49. The van der Waals surface area contributed by atoms with Crippen molar-refractivity contribution in [2.45, 2.75) is 20.5 Å². The lowest BCUT2D eigenvalue weighted by Crippen LogP contribution is -2.28. The van der Waals surface area contributed by atoms with Gasteiger partial charge >= 0.3 is 5.97 Å². The number of fused-ring (bicyclic) bond motifs is 4. The number of aromatic amines is 1. The smallest absolute Gasteiger partial charge is 0.355 e. The Balaban J connectivity index is 1.48. The molecule has 0 fully saturated rings. The molecule has 9 nitrogen and oxygen atoms in total. The number of anilines is 1. The molecule has 0 unspecified atom stereocenters. The first-order valence-corrected chi connectivity index (χ1v) is 14.1. The number of halogens is 1. The van der Waals surface area contributed by atoms with Crippen LogP contribution in [0.5, 0.6) is 5.75 Å². The van der Waals surface area contributed by atoms with Crippen LogP contribution in [0.3, 0.4) is 0 Å². The minimum absolute atomic E-state index is 0.0300. The zero-order chi connectivity index (χ0) is 29.5. The molecule has 0 spiro atoms. The van der Waals surface area contributed by atoms with Gasteiger partial charge < -0.3 is 25.5 Å². The number of hydrogen-bond acceptors (Lipinski definition) is 6. The summed E-state index contributed by atoms with van der Waals surface area (Å²) in [5, 5.41) is 17.7. The van der Waals surface area contributed by atoms with Crippen LogP contribution in [0.15, 0.2) is 60.1 Å². The van der Waals surface area contributed by atoms with Crippen molar-refractivity contribution >= 4 is 45.7 Å². The standard InChI is InChI=1S/C31H25FN4O5S/c1-15(2)13-34-30(38)24-4-3-17(27(35-24)31(39)40)19-12-25-21(28-16(14-41-25)8-10-42-28)11-20(19)29(37)36-23-6-5-22-18(26(23)32)7-9-33-22/h3-12,15,33H,13-14H2,1-2H3,(H,34,38)(H,36,37)(H,39,40). The number of benzene rings is 2. The van der Waals surface area contributed by atoms with Crippen LogP contribution in [0.4, 0.5) is 10.1 Å². The number of nitrogens with zero attached hydrogens (tertiary/aromatic N) is 1. The SMILES string of the molecule is CC(C)CNC(=O)c1ccc(-c2cc3c(cc2C(=O)Nc2ccc4[nH]ccc4c2F)-c2sccc2CO3)c(C(=O)O)n1. The van der Waals surface area contributed by atoms with E-state index in [1.807, 2.05) is 25.3 Å². The maximum Gasteiger partial charge on any atom is 0.355 e. The van der Waals surface area contributed by atoms with Crippen LogP contribution in [0.1, 0.15) is 50.7 Å². The second kappa shape index (κ2) is 10.7. The molecule has 4 heterocycles. The van der Waals surface area contributed by atoms with Gasteiger partial charge in [0.2, 0.25) is 0 Å². The minimum Gasteiger partial charge on any atom is -0.488 e. The Hall–Kier alpha value is -5.03. The van der Waals surface area contributed by atoms with Gasteiger partial charge in [-0.3, -0.25) is 9.59 Å². The molecule has 11 heteroatoms. The Bertz CT molecular complexity index is 1890. The fraction of sp³-hybridized carbons (Fsp3) is 0.161. The fourth-order valence-electron chi connectivity index (χ4n) is 4.86. The quantitative estimate of drug-likeness (QED) is 0.177. The number of aromatic nitrogens is 2. The molecule has 0 aliphatic carbocycles. The van der Waals surface area contributed by atoms with Crippen LogP contribution in [-0.4, -0.2) is 39.4 Å². The van der Waals surface area contributed by atoms with E-state index in [0.29, 0.717) is 35.4 Å². The molecule has 1 aliphatic heterocycles. The molecular formula is C31H25FN4O5S. The normalized spacial score (nSPS) is 12.0. The lowest BCUT2D eigenvalue weighted by Gasteiger charge is -2.21. The van der Waals surface area contributed by atoms with E-state index in [1.54, 1.807) is 30.5 Å². The Kier molecular flexibility index (Phi) is 6.95. The summed E-state index contributed by atoms with van der Waals surface area (Å²) < 4.78 is 21.2. The number of carbonyl (C=O) groups excluding carboxylic acids is 2. The Morgan fingerprint density at radius 2 is 1.90 bits per heavy atom. The molecule has 2 amide bonds. The van der Waals surface area contributed by atoms with Gasteiger partial charge in [0.1, 0.15) is 18.1 Å². The number of aromatic carboxylic acids is 1. The molecule has 3 aromatic heterocycles. The highest BCUT2D eigenvalue weighted by atomic mass is 32.1. The molecule has 1 aliphatic rings. The number of carbonyl (C=O) groups is 3. The van der Waals surface area contributed by atoms with E-state index in [4.69, 9.17) is 4.74 Å². The highest BCUT2D eigenvalue weighted by Gasteiger charge is 2.27. The summed E-state index contributed by atoms with van der Waals surface area (Å²) in [7, 11) is 0. The average molecular weight is 585 g/mol. The van der Waals surface area contributed by atoms with E-state index in [0.717, 1.165) is 10.4 Å². The molecule has 42 heavy (non-hydrogen) atoms. The largest absolute Gasteiger partial charge is 0.488 e. The number of pyridine rings is 1. The topological polar surface area (TPSA) is 133 Å². The minimum atomic E-state index is -1.38.